The summed E-state index contributed by atoms with van der Waals surface area (Å²) in [4.78, 5) is 16.4. The Hall–Kier alpha value is -1.42. The van der Waals surface area contributed by atoms with Crippen molar-refractivity contribution in [1.82, 2.24) is 10.3 Å². The maximum absolute atomic E-state index is 11.9. The summed E-state index contributed by atoms with van der Waals surface area (Å²) >= 11 is 1.72. The normalized spacial score (nSPS) is 11.8. The standard InChI is InChI=1S/C16H22N2OS/c1-4-16(2,3)18-14(19)10-7-11-15-17-12-8-5-6-9-13(12)20-15/h5-6,8-9H,4,7,10-11H2,1-3H3,(H,18,19). The Morgan fingerprint density at radius 2 is 2.10 bits per heavy atom. The first-order valence-electron chi connectivity index (χ1n) is 7.15. The molecule has 0 saturated carbocycles. The molecule has 0 unspecified atom stereocenters. The van der Waals surface area contributed by atoms with Gasteiger partial charge in [0.1, 0.15) is 0 Å². The number of fused-ring (bicyclic) bond motifs is 1. The van der Waals surface area contributed by atoms with E-state index in [0.717, 1.165) is 29.8 Å². The van der Waals surface area contributed by atoms with E-state index in [2.05, 4.69) is 37.1 Å². The number of carbonyl (C=O) groups excluding carboxylic acids is 1. The number of aromatic nitrogens is 1. The highest BCUT2D eigenvalue weighted by Gasteiger charge is 2.17. The Morgan fingerprint density at radius 1 is 1.35 bits per heavy atom. The van der Waals surface area contributed by atoms with Gasteiger partial charge in [0, 0.05) is 12.0 Å². The second-order valence-corrected chi connectivity index (χ2v) is 6.83. The topological polar surface area (TPSA) is 42.0 Å². The van der Waals surface area contributed by atoms with Crippen LogP contribution in [0.25, 0.3) is 10.2 Å². The summed E-state index contributed by atoms with van der Waals surface area (Å²) in [5.74, 6) is 0.137. The number of aryl methyl sites for hydroxylation is 1. The molecular formula is C16H22N2OS. The molecule has 0 saturated heterocycles. The molecule has 0 atom stereocenters. The molecule has 1 amide bonds. The highest BCUT2D eigenvalue weighted by Crippen LogP contribution is 2.22. The van der Waals surface area contributed by atoms with Crippen molar-refractivity contribution in [2.75, 3.05) is 0 Å². The molecule has 4 heteroatoms. The van der Waals surface area contributed by atoms with Crippen molar-refractivity contribution in [2.24, 2.45) is 0 Å². The van der Waals surface area contributed by atoms with Crippen LogP contribution in [-0.4, -0.2) is 16.4 Å². The minimum absolute atomic E-state index is 0.104. The minimum atomic E-state index is -0.104. The lowest BCUT2D eigenvalue weighted by Gasteiger charge is -2.24. The fourth-order valence-electron chi connectivity index (χ4n) is 1.96. The van der Waals surface area contributed by atoms with Crippen molar-refractivity contribution in [2.45, 2.75) is 52.0 Å². The Bertz CT molecular complexity index is 556. The van der Waals surface area contributed by atoms with Gasteiger partial charge in [0.15, 0.2) is 0 Å². The molecule has 2 aromatic rings. The average molecular weight is 290 g/mol. The summed E-state index contributed by atoms with van der Waals surface area (Å²) in [6, 6.07) is 8.16. The van der Waals surface area contributed by atoms with E-state index in [9.17, 15) is 4.79 Å². The number of thiazole rings is 1. The lowest BCUT2D eigenvalue weighted by Crippen LogP contribution is -2.42. The first-order valence-corrected chi connectivity index (χ1v) is 7.97. The van der Waals surface area contributed by atoms with Gasteiger partial charge >= 0.3 is 0 Å². The SMILES string of the molecule is CCC(C)(C)NC(=O)CCCc1nc2ccccc2s1. The molecule has 0 aliphatic heterocycles. The highest BCUT2D eigenvalue weighted by atomic mass is 32.1. The first kappa shape index (κ1) is 15.0. The molecule has 0 aliphatic rings. The van der Waals surface area contributed by atoms with Crippen LogP contribution in [0.4, 0.5) is 0 Å². The van der Waals surface area contributed by atoms with Crippen LogP contribution in [-0.2, 0) is 11.2 Å². The molecule has 0 aliphatic carbocycles. The molecule has 0 bridgehead atoms. The zero-order valence-electron chi connectivity index (χ0n) is 12.4. The molecule has 1 N–H and O–H groups in total. The fourth-order valence-corrected chi connectivity index (χ4v) is 2.96. The quantitative estimate of drug-likeness (QED) is 0.876. The molecule has 1 heterocycles. The van der Waals surface area contributed by atoms with E-state index in [4.69, 9.17) is 0 Å². The largest absolute Gasteiger partial charge is 0.351 e. The monoisotopic (exact) mass is 290 g/mol. The van der Waals surface area contributed by atoms with Gasteiger partial charge in [-0.2, -0.15) is 0 Å². The fraction of sp³-hybridized carbons (Fsp3) is 0.500. The van der Waals surface area contributed by atoms with Crippen molar-refractivity contribution < 1.29 is 4.79 Å². The Kier molecular flexibility index (Phi) is 4.76. The van der Waals surface area contributed by atoms with Gasteiger partial charge in [-0.25, -0.2) is 4.98 Å². The molecule has 0 radical (unpaired) electrons. The number of amides is 1. The van der Waals surface area contributed by atoms with Gasteiger partial charge in [0.2, 0.25) is 5.91 Å². The third-order valence-electron chi connectivity index (χ3n) is 3.49. The summed E-state index contributed by atoms with van der Waals surface area (Å²) in [5.41, 5.74) is 0.955. The Labute approximate surface area is 124 Å². The van der Waals surface area contributed by atoms with Crippen molar-refractivity contribution in [3.8, 4) is 0 Å². The van der Waals surface area contributed by atoms with Gasteiger partial charge in [-0.3, -0.25) is 4.79 Å². The lowest BCUT2D eigenvalue weighted by molar-refractivity contribution is -0.122. The van der Waals surface area contributed by atoms with Crippen LogP contribution in [0.3, 0.4) is 0 Å². The van der Waals surface area contributed by atoms with Crippen LogP contribution in [0.1, 0.15) is 45.0 Å². The van der Waals surface area contributed by atoms with Crippen molar-refractivity contribution in [1.29, 1.82) is 0 Å². The van der Waals surface area contributed by atoms with E-state index in [1.807, 2.05) is 18.2 Å². The van der Waals surface area contributed by atoms with Crippen molar-refractivity contribution in [3.05, 3.63) is 29.3 Å². The number of nitrogens with one attached hydrogen (secondary N) is 1. The Balaban J connectivity index is 1.82. The Morgan fingerprint density at radius 3 is 2.80 bits per heavy atom. The minimum Gasteiger partial charge on any atom is -0.351 e. The molecule has 1 aromatic carbocycles. The second kappa shape index (κ2) is 6.35. The first-order chi connectivity index (χ1) is 9.50. The molecule has 0 fully saturated rings. The van der Waals surface area contributed by atoms with E-state index in [0.29, 0.717) is 6.42 Å². The number of carbonyl (C=O) groups is 1. The second-order valence-electron chi connectivity index (χ2n) is 5.71. The van der Waals surface area contributed by atoms with E-state index in [-0.39, 0.29) is 11.4 Å². The number of hydrogen-bond donors (Lipinski definition) is 1. The zero-order valence-corrected chi connectivity index (χ0v) is 13.2. The summed E-state index contributed by atoms with van der Waals surface area (Å²) < 4.78 is 1.22. The van der Waals surface area contributed by atoms with E-state index in [1.165, 1.54) is 4.70 Å². The maximum atomic E-state index is 11.9. The van der Waals surface area contributed by atoms with Gasteiger partial charge in [-0.1, -0.05) is 19.1 Å². The van der Waals surface area contributed by atoms with Crippen LogP contribution in [0.5, 0.6) is 0 Å². The van der Waals surface area contributed by atoms with Gasteiger partial charge in [-0.05, 0) is 45.2 Å². The smallest absolute Gasteiger partial charge is 0.220 e. The summed E-state index contributed by atoms with van der Waals surface area (Å²) in [5, 5.41) is 4.18. The van der Waals surface area contributed by atoms with Crippen LogP contribution in [0.2, 0.25) is 0 Å². The number of hydrogen-bond acceptors (Lipinski definition) is 3. The summed E-state index contributed by atoms with van der Waals surface area (Å²) in [7, 11) is 0. The molecule has 1 aromatic heterocycles. The van der Waals surface area contributed by atoms with Crippen LogP contribution >= 0.6 is 11.3 Å². The molecular weight excluding hydrogens is 268 g/mol. The van der Waals surface area contributed by atoms with Gasteiger partial charge in [0.05, 0.1) is 15.2 Å². The summed E-state index contributed by atoms with van der Waals surface area (Å²) in [6.07, 6.45) is 3.24. The number of nitrogens with zero attached hydrogens (tertiary/aromatic N) is 1. The lowest BCUT2D eigenvalue weighted by atomic mass is 10.0. The predicted octanol–water partition coefficient (Wildman–Crippen LogP) is 3.92. The van der Waals surface area contributed by atoms with E-state index in [1.54, 1.807) is 11.3 Å². The van der Waals surface area contributed by atoms with Crippen molar-refractivity contribution in [3.63, 3.8) is 0 Å². The zero-order chi connectivity index (χ0) is 14.6. The number of para-hydroxylation sites is 1. The van der Waals surface area contributed by atoms with Crippen LogP contribution < -0.4 is 5.32 Å². The average Bonchev–Trinajstić information content (AvgIpc) is 2.80. The maximum Gasteiger partial charge on any atom is 0.220 e. The third kappa shape index (κ3) is 4.04. The molecule has 3 nitrogen and oxygen atoms in total. The van der Waals surface area contributed by atoms with Gasteiger partial charge < -0.3 is 5.32 Å². The summed E-state index contributed by atoms with van der Waals surface area (Å²) in [6.45, 7) is 6.19. The van der Waals surface area contributed by atoms with Crippen molar-refractivity contribution >= 4 is 27.5 Å². The third-order valence-corrected chi connectivity index (χ3v) is 4.59. The van der Waals surface area contributed by atoms with E-state index >= 15 is 0 Å². The number of rotatable bonds is 6. The highest BCUT2D eigenvalue weighted by molar-refractivity contribution is 7.18. The van der Waals surface area contributed by atoms with Crippen LogP contribution in [0, 0.1) is 0 Å². The molecule has 108 valence electrons. The van der Waals surface area contributed by atoms with E-state index < -0.39 is 0 Å². The molecule has 2 rings (SSSR count). The molecule has 0 spiro atoms. The van der Waals surface area contributed by atoms with Crippen LogP contribution in [0.15, 0.2) is 24.3 Å². The predicted molar refractivity (Wildman–Crippen MR) is 85.1 cm³/mol. The van der Waals surface area contributed by atoms with Gasteiger partial charge in [-0.15, -0.1) is 11.3 Å². The molecule has 20 heavy (non-hydrogen) atoms. The number of benzene rings is 1. The van der Waals surface area contributed by atoms with Gasteiger partial charge in [0.25, 0.3) is 0 Å².